The summed E-state index contributed by atoms with van der Waals surface area (Å²) in [5, 5.41) is 11.5. The average Bonchev–Trinajstić information content (AvgIpc) is 3.52. The number of carbonyl (C=O) groups excluding carboxylic acids is 1. The highest BCUT2D eigenvalue weighted by molar-refractivity contribution is 6.04. The Morgan fingerprint density at radius 2 is 1.91 bits per heavy atom. The number of aryl methyl sites for hydroxylation is 1. The zero-order valence-corrected chi connectivity index (χ0v) is 19.2. The summed E-state index contributed by atoms with van der Waals surface area (Å²) in [4.78, 5) is 21.7. The molecule has 0 saturated carbocycles. The number of nitrogens with zero attached hydrogens (tertiary/aromatic N) is 5. The van der Waals surface area contributed by atoms with E-state index < -0.39 is 0 Å². The number of hydrogen-bond donors (Lipinski definition) is 1. The van der Waals surface area contributed by atoms with Gasteiger partial charge in [0.1, 0.15) is 11.4 Å². The van der Waals surface area contributed by atoms with Crippen LogP contribution in [0.25, 0.3) is 22.6 Å². The molecular weight excluding hydrogens is 444 g/mol. The number of aromatic nitrogens is 5. The number of ether oxygens (including phenoxy) is 1. The number of nitrogens with one attached hydrogen (secondary N) is 1. The Hall–Kier alpha value is -4.79. The molecule has 3 aromatic heterocycles. The first-order valence-corrected chi connectivity index (χ1v) is 10.9. The van der Waals surface area contributed by atoms with Gasteiger partial charge in [-0.2, -0.15) is 10.1 Å². The van der Waals surface area contributed by atoms with Gasteiger partial charge in [-0.1, -0.05) is 35.5 Å². The Bertz CT molecular complexity index is 1480. The lowest BCUT2D eigenvalue weighted by molar-refractivity contribution is 0.101. The molecule has 9 nitrogen and oxygen atoms in total. The number of rotatable bonds is 7. The minimum absolute atomic E-state index is 0.282. The van der Waals surface area contributed by atoms with Crippen molar-refractivity contribution in [1.29, 1.82) is 0 Å². The van der Waals surface area contributed by atoms with Gasteiger partial charge in [0, 0.05) is 36.3 Å². The summed E-state index contributed by atoms with van der Waals surface area (Å²) in [6.45, 7) is 0. The summed E-state index contributed by atoms with van der Waals surface area (Å²) in [5.74, 6) is 1.31. The molecule has 3 heterocycles. The molecule has 0 atom stereocenters. The molecule has 1 amide bonds. The largest absolute Gasteiger partial charge is 0.496 e. The van der Waals surface area contributed by atoms with Crippen LogP contribution in [-0.2, 0) is 13.5 Å². The van der Waals surface area contributed by atoms with Gasteiger partial charge in [0.25, 0.3) is 5.91 Å². The Balaban J connectivity index is 1.36. The van der Waals surface area contributed by atoms with Gasteiger partial charge in [0.05, 0.1) is 19.2 Å². The number of anilines is 1. The van der Waals surface area contributed by atoms with Gasteiger partial charge >= 0.3 is 0 Å². The van der Waals surface area contributed by atoms with E-state index in [0.29, 0.717) is 41.0 Å². The normalized spacial score (nSPS) is 10.8. The summed E-state index contributed by atoms with van der Waals surface area (Å²) in [6, 6.07) is 20.5. The summed E-state index contributed by atoms with van der Waals surface area (Å²) in [6.07, 6.45) is 3.72. The number of pyridine rings is 1. The molecular formula is C26H22N6O3. The predicted octanol–water partition coefficient (Wildman–Crippen LogP) is 4.38. The molecule has 0 unspecified atom stereocenters. The standard InChI is InChI=1S/C26H22N6O3/c1-32-22(15-21(30-32)19-10-4-6-12-23(19)34-2)26(33)28-20-11-5-3-8-17(20)14-24-29-25(31-35-24)18-9-7-13-27-16-18/h3-13,15-16H,14H2,1-2H3,(H,28,33). The van der Waals surface area contributed by atoms with Gasteiger partial charge in [-0.25, -0.2) is 0 Å². The van der Waals surface area contributed by atoms with Crippen LogP contribution >= 0.6 is 0 Å². The fraction of sp³-hybridized carbons (Fsp3) is 0.115. The lowest BCUT2D eigenvalue weighted by Gasteiger charge is -2.09. The molecule has 0 saturated heterocycles. The van der Waals surface area contributed by atoms with E-state index >= 15 is 0 Å². The second-order valence-electron chi connectivity index (χ2n) is 7.78. The molecule has 0 spiro atoms. The quantitative estimate of drug-likeness (QED) is 0.379. The van der Waals surface area contributed by atoms with Crippen molar-refractivity contribution in [2.24, 2.45) is 7.05 Å². The third-order valence-electron chi connectivity index (χ3n) is 5.49. The van der Waals surface area contributed by atoms with Crippen molar-refractivity contribution >= 4 is 11.6 Å². The van der Waals surface area contributed by atoms with E-state index in [4.69, 9.17) is 9.26 Å². The van der Waals surface area contributed by atoms with Crippen LogP contribution < -0.4 is 10.1 Å². The molecule has 9 heteroatoms. The summed E-state index contributed by atoms with van der Waals surface area (Å²) in [7, 11) is 3.34. The molecule has 5 rings (SSSR count). The molecule has 0 fully saturated rings. The predicted molar refractivity (Wildman–Crippen MR) is 130 cm³/mol. The first kappa shape index (κ1) is 22.0. The van der Waals surface area contributed by atoms with Crippen molar-refractivity contribution in [2.45, 2.75) is 6.42 Å². The van der Waals surface area contributed by atoms with Crippen molar-refractivity contribution < 1.29 is 14.1 Å². The smallest absolute Gasteiger partial charge is 0.273 e. The van der Waals surface area contributed by atoms with E-state index in [9.17, 15) is 4.79 Å². The fourth-order valence-electron chi connectivity index (χ4n) is 3.75. The van der Waals surface area contributed by atoms with Crippen LogP contribution in [0.2, 0.25) is 0 Å². The highest BCUT2D eigenvalue weighted by atomic mass is 16.5. The topological polar surface area (TPSA) is 108 Å². The number of hydrogen-bond acceptors (Lipinski definition) is 7. The molecule has 1 N–H and O–H groups in total. The van der Waals surface area contributed by atoms with Gasteiger partial charge in [0.2, 0.25) is 11.7 Å². The van der Waals surface area contributed by atoms with Crippen molar-refractivity contribution in [3.63, 3.8) is 0 Å². The SMILES string of the molecule is COc1ccccc1-c1cc(C(=O)Nc2ccccc2Cc2nc(-c3cccnc3)no2)n(C)n1. The van der Waals surface area contributed by atoms with Crippen molar-refractivity contribution in [2.75, 3.05) is 12.4 Å². The van der Waals surface area contributed by atoms with E-state index in [1.165, 1.54) is 0 Å². The van der Waals surface area contributed by atoms with Crippen molar-refractivity contribution in [3.8, 4) is 28.4 Å². The molecule has 0 aliphatic rings. The van der Waals surface area contributed by atoms with Crippen molar-refractivity contribution in [1.82, 2.24) is 24.9 Å². The number of amides is 1. The maximum absolute atomic E-state index is 13.2. The second-order valence-corrected chi connectivity index (χ2v) is 7.78. The highest BCUT2D eigenvalue weighted by Gasteiger charge is 2.18. The summed E-state index contributed by atoms with van der Waals surface area (Å²) >= 11 is 0. The molecule has 5 aromatic rings. The third-order valence-corrected chi connectivity index (χ3v) is 5.49. The zero-order valence-electron chi connectivity index (χ0n) is 19.2. The molecule has 2 aromatic carbocycles. The van der Waals surface area contributed by atoms with Crippen LogP contribution in [0.15, 0.2) is 83.6 Å². The fourth-order valence-corrected chi connectivity index (χ4v) is 3.75. The molecule has 0 radical (unpaired) electrons. The van der Waals surface area contributed by atoms with Gasteiger partial charge in [-0.15, -0.1) is 0 Å². The van der Waals surface area contributed by atoms with Crippen molar-refractivity contribution in [3.05, 3.63) is 96.3 Å². The van der Waals surface area contributed by atoms with Gasteiger partial charge in [-0.05, 0) is 42.0 Å². The number of benzene rings is 2. The lowest BCUT2D eigenvalue weighted by Crippen LogP contribution is -2.17. The Morgan fingerprint density at radius 3 is 2.74 bits per heavy atom. The van der Waals surface area contributed by atoms with Gasteiger partial charge < -0.3 is 14.6 Å². The maximum Gasteiger partial charge on any atom is 0.273 e. The zero-order chi connectivity index (χ0) is 24.2. The first-order chi connectivity index (χ1) is 17.1. The Morgan fingerprint density at radius 1 is 1.09 bits per heavy atom. The van der Waals surface area contributed by atoms with Gasteiger partial charge in [-0.3, -0.25) is 14.5 Å². The van der Waals surface area contributed by atoms with Crippen LogP contribution in [-0.4, -0.2) is 37.9 Å². The summed E-state index contributed by atoms with van der Waals surface area (Å²) < 4.78 is 12.4. The van der Waals surface area contributed by atoms with E-state index in [1.54, 1.807) is 37.3 Å². The number of para-hydroxylation sites is 2. The lowest BCUT2D eigenvalue weighted by atomic mass is 10.1. The van der Waals surface area contributed by atoms with E-state index in [0.717, 1.165) is 16.7 Å². The van der Waals surface area contributed by atoms with Gasteiger partial charge in [0.15, 0.2) is 0 Å². The maximum atomic E-state index is 13.2. The average molecular weight is 467 g/mol. The van der Waals surface area contributed by atoms with Crippen LogP contribution in [0, 0.1) is 0 Å². The second kappa shape index (κ2) is 9.60. The third kappa shape index (κ3) is 4.65. The molecule has 0 bridgehead atoms. The Kier molecular flexibility index (Phi) is 6.04. The van der Waals surface area contributed by atoms with Crippen LogP contribution in [0.5, 0.6) is 5.75 Å². The highest BCUT2D eigenvalue weighted by Crippen LogP contribution is 2.29. The van der Waals surface area contributed by atoms with E-state index in [2.05, 4.69) is 25.5 Å². The number of methoxy groups -OCH3 is 1. The summed E-state index contributed by atoms with van der Waals surface area (Å²) in [5.41, 5.74) is 4.14. The Labute approximate surface area is 201 Å². The van der Waals surface area contributed by atoms with E-state index in [-0.39, 0.29) is 5.91 Å². The van der Waals surface area contributed by atoms with Crippen LogP contribution in [0.3, 0.4) is 0 Å². The van der Waals surface area contributed by atoms with E-state index in [1.807, 2.05) is 60.7 Å². The van der Waals surface area contributed by atoms with Crippen LogP contribution in [0.4, 0.5) is 5.69 Å². The molecule has 0 aliphatic carbocycles. The number of carbonyl (C=O) groups is 1. The minimum atomic E-state index is -0.282. The monoisotopic (exact) mass is 466 g/mol. The molecule has 35 heavy (non-hydrogen) atoms. The molecule has 174 valence electrons. The molecule has 0 aliphatic heterocycles. The minimum Gasteiger partial charge on any atom is -0.496 e. The van der Waals surface area contributed by atoms with Crippen LogP contribution in [0.1, 0.15) is 21.9 Å². The first-order valence-electron chi connectivity index (χ1n) is 10.9.